The molecule has 2 aromatic carbocycles. The predicted octanol–water partition coefficient (Wildman–Crippen LogP) is 4.41. The fourth-order valence-corrected chi connectivity index (χ4v) is 3.78. The van der Waals surface area contributed by atoms with Crippen LogP contribution >= 0.6 is 23.2 Å². The van der Waals surface area contributed by atoms with Gasteiger partial charge in [0.15, 0.2) is 5.82 Å². The highest BCUT2D eigenvalue weighted by atomic mass is 35.5. The zero-order valence-electron chi connectivity index (χ0n) is 15.1. The largest absolute Gasteiger partial charge is 0.353 e. The molecular formula is C21H18Cl2N4O. The Hall–Kier alpha value is -2.63. The molecule has 1 aromatic heterocycles. The molecule has 0 atom stereocenters. The molecule has 0 aliphatic carbocycles. The molecule has 2 heterocycles. The zero-order valence-corrected chi connectivity index (χ0v) is 16.6. The van der Waals surface area contributed by atoms with Gasteiger partial charge in [0.1, 0.15) is 5.82 Å². The van der Waals surface area contributed by atoms with Gasteiger partial charge in [0.2, 0.25) is 0 Å². The summed E-state index contributed by atoms with van der Waals surface area (Å²) in [4.78, 5) is 25.8. The van der Waals surface area contributed by atoms with Crippen LogP contribution in [-0.4, -0.2) is 47.0 Å². The third-order valence-electron chi connectivity index (χ3n) is 4.67. The molecule has 1 fully saturated rings. The van der Waals surface area contributed by atoms with Crippen LogP contribution in [0.2, 0.25) is 10.0 Å². The van der Waals surface area contributed by atoms with Crippen molar-refractivity contribution in [2.24, 2.45) is 0 Å². The van der Waals surface area contributed by atoms with Gasteiger partial charge >= 0.3 is 0 Å². The molecule has 1 amide bonds. The molecule has 1 aliphatic heterocycles. The maximum atomic E-state index is 12.8. The van der Waals surface area contributed by atoms with Crippen LogP contribution in [0.15, 0.2) is 60.8 Å². The first-order valence-corrected chi connectivity index (χ1v) is 9.74. The minimum absolute atomic E-state index is 0.0586. The highest BCUT2D eigenvalue weighted by Crippen LogP contribution is 2.22. The van der Waals surface area contributed by atoms with Crippen molar-refractivity contribution in [2.45, 2.75) is 0 Å². The van der Waals surface area contributed by atoms with E-state index in [0.717, 1.165) is 11.4 Å². The molecule has 0 N–H and O–H groups in total. The second kappa shape index (κ2) is 8.17. The normalized spacial score (nSPS) is 14.2. The fraction of sp³-hybridized carbons (Fsp3) is 0.190. The first-order chi connectivity index (χ1) is 13.6. The Kier molecular flexibility index (Phi) is 5.46. The van der Waals surface area contributed by atoms with Gasteiger partial charge in [-0.2, -0.15) is 0 Å². The maximum Gasteiger partial charge on any atom is 0.254 e. The first kappa shape index (κ1) is 18.7. The van der Waals surface area contributed by atoms with Crippen molar-refractivity contribution in [2.75, 3.05) is 31.1 Å². The van der Waals surface area contributed by atoms with Gasteiger partial charge in [-0.1, -0.05) is 53.5 Å². The van der Waals surface area contributed by atoms with Crippen LogP contribution in [0.5, 0.6) is 0 Å². The minimum atomic E-state index is -0.0586. The smallest absolute Gasteiger partial charge is 0.254 e. The monoisotopic (exact) mass is 412 g/mol. The quantitative estimate of drug-likeness (QED) is 0.638. The number of hydrogen-bond donors (Lipinski definition) is 0. The van der Waals surface area contributed by atoms with Crippen molar-refractivity contribution in [3.8, 4) is 11.4 Å². The average molecular weight is 413 g/mol. The Morgan fingerprint density at radius 3 is 2.25 bits per heavy atom. The topological polar surface area (TPSA) is 49.3 Å². The third-order valence-corrected chi connectivity index (χ3v) is 5.11. The summed E-state index contributed by atoms with van der Waals surface area (Å²) in [5.41, 5.74) is 1.50. The van der Waals surface area contributed by atoms with E-state index in [1.807, 2.05) is 41.3 Å². The van der Waals surface area contributed by atoms with Crippen molar-refractivity contribution < 1.29 is 4.79 Å². The van der Waals surface area contributed by atoms with Crippen molar-refractivity contribution in [3.05, 3.63) is 76.4 Å². The molecule has 0 spiro atoms. The number of halogens is 2. The number of amides is 1. The summed E-state index contributed by atoms with van der Waals surface area (Å²) in [5, 5.41) is 0.924. The molecule has 1 aliphatic rings. The Morgan fingerprint density at radius 2 is 1.57 bits per heavy atom. The second-order valence-corrected chi connectivity index (χ2v) is 7.41. The van der Waals surface area contributed by atoms with E-state index in [0.29, 0.717) is 47.6 Å². The van der Waals surface area contributed by atoms with Crippen molar-refractivity contribution >= 4 is 34.9 Å². The van der Waals surface area contributed by atoms with Crippen molar-refractivity contribution in [1.29, 1.82) is 0 Å². The summed E-state index contributed by atoms with van der Waals surface area (Å²) < 4.78 is 0. The van der Waals surface area contributed by atoms with Crippen LogP contribution in [0.3, 0.4) is 0 Å². The lowest BCUT2D eigenvalue weighted by molar-refractivity contribution is 0.0746. The Morgan fingerprint density at radius 1 is 0.893 bits per heavy atom. The van der Waals surface area contributed by atoms with Crippen LogP contribution in [0.25, 0.3) is 11.4 Å². The maximum absolute atomic E-state index is 12.8. The molecule has 0 saturated carbocycles. The van der Waals surface area contributed by atoms with E-state index in [1.165, 1.54) is 0 Å². The number of aromatic nitrogens is 2. The number of hydrogen-bond acceptors (Lipinski definition) is 4. The minimum Gasteiger partial charge on any atom is -0.353 e. The van der Waals surface area contributed by atoms with E-state index in [-0.39, 0.29) is 5.91 Å². The predicted molar refractivity (Wildman–Crippen MR) is 112 cm³/mol. The van der Waals surface area contributed by atoms with Crippen LogP contribution in [0.4, 0.5) is 5.82 Å². The van der Waals surface area contributed by atoms with E-state index in [2.05, 4.69) is 9.88 Å². The number of nitrogens with zero attached hydrogens (tertiary/aromatic N) is 4. The van der Waals surface area contributed by atoms with Gasteiger partial charge in [0, 0.05) is 53.5 Å². The van der Waals surface area contributed by atoms with Crippen molar-refractivity contribution in [1.82, 2.24) is 14.9 Å². The molecule has 5 nitrogen and oxygen atoms in total. The number of piperazine rings is 1. The zero-order chi connectivity index (χ0) is 19.5. The standard InChI is InChI=1S/C21H18Cl2N4O/c22-17-12-16(13-18(23)14-17)21(28)27-10-8-26(9-11-27)19-6-7-24-20(25-19)15-4-2-1-3-5-15/h1-7,12-14H,8-11H2. The lowest BCUT2D eigenvalue weighted by atomic mass is 10.2. The van der Waals surface area contributed by atoms with Gasteiger partial charge in [0.25, 0.3) is 5.91 Å². The highest BCUT2D eigenvalue weighted by molar-refractivity contribution is 6.35. The third kappa shape index (κ3) is 4.11. The lowest BCUT2D eigenvalue weighted by Gasteiger charge is -2.35. The number of anilines is 1. The molecule has 7 heteroatoms. The summed E-state index contributed by atoms with van der Waals surface area (Å²) in [6, 6.07) is 16.7. The van der Waals surface area contributed by atoms with E-state index in [4.69, 9.17) is 28.2 Å². The summed E-state index contributed by atoms with van der Waals surface area (Å²) in [6.07, 6.45) is 1.77. The van der Waals surface area contributed by atoms with Gasteiger partial charge in [-0.3, -0.25) is 4.79 Å². The number of rotatable bonds is 3. The summed E-state index contributed by atoms with van der Waals surface area (Å²) in [5.74, 6) is 1.51. The van der Waals surface area contributed by atoms with Gasteiger partial charge < -0.3 is 9.80 Å². The molecular weight excluding hydrogens is 395 g/mol. The Balaban J connectivity index is 1.45. The first-order valence-electron chi connectivity index (χ1n) is 8.99. The number of benzene rings is 2. The molecule has 0 radical (unpaired) electrons. The second-order valence-electron chi connectivity index (χ2n) is 6.54. The van der Waals surface area contributed by atoms with Gasteiger partial charge in [0.05, 0.1) is 0 Å². The molecule has 3 aromatic rings. The molecule has 0 bridgehead atoms. The number of carbonyl (C=O) groups excluding carboxylic acids is 1. The Labute approximate surface area is 173 Å². The van der Waals surface area contributed by atoms with E-state index >= 15 is 0 Å². The summed E-state index contributed by atoms with van der Waals surface area (Å²) in [7, 11) is 0. The summed E-state index contributed by atoms with van der Waals surface area (Å²) in [6.45, 7) is 2.61. The molecule has 0 unspecified atom stereocenters. The Bertz CT molecular complexity index is 968. The fourth-order valence-electron chi connectivity index (χ4n) is 3.25. The molecule has 142 valence electrons. The van der Waals surface area contributed by atoms with E-state index in [1.54, 1.807) is 24.4 Å². The average Bonchev–Trinajstić information content (AvgIpc) is 2.73. The van der Waals surface area contributed by atoms with Crippen LogP contribution in [0.1, 0.15) is 10.4 Å². The van der Waals surface area contributed by atoms with Crippen LogP contribution in [0, 0.1) is 0 Å². The molecule has 4 rings (SSSR count). The molecule has 1 saturated heterocycles. The SMILES string of the molecule is O=C(c1cc(Cl)cc(Cl)c1)N1CCN(c2ccnc(-c3ccccc3)n2)CC1. The van der Waals surface area contributed by atoms with Gasteiger partial charge in [-0.05, 0) is 24.3 Å². The lowest BCUT2D eigenvalue weighted by Crippen LogP contribution is -2.49. The molecule has 28 heavy (non-hydrogen) atoms. The summed E-state index contributed by atoms with van der Waals surface area (Å²) >= 11 is 12.0. The van der Waals surface area contributed by atoms with Gasteiger partial charge in [-0.25, -0.2) is 9.97 Å². The number of carbonyl (C=O) groups is 1. The highest BCUT2D eigenvalue weighted by Gasteiger charge is 2.23. The van der Waals surface area contributed by atoms with E-state index < -0.39 is 0 Å². The van der Waals surface area contributed by atoms with Gasteiger partial charge in [-0.15, -0.1) is 0 Å². The van der Waals surface area contributed by atoms with Crippen LogP contribution in [-0.2, 0) is 0 Å². The van der Waals surface area contributed by atoms with Crippen molar-refractivity contribution in [3.63, 3.8) is 0 Å². The van der Waals surface area contributed by atoms with E-state index in [9.17, 15) is 4.79 Å². The van der Waals surface area contributed by atoms with Crippen LogP contribution < -0.4 is 4.90 Å².